The van der Waals surface area contributed by atoms with Crippen LogP contribution in [0.2, 0.25) is 0 Å². The van der Waals surface area contributed by atoms with E-state index in [4.69, 9.17) is 12.2 Å². The van der Waals surface area contributed by atoms with Gasteiger partial charge in [0.05, 0.1) is 5.56 Å². The third-order valence-electron chi connectivity index (χ3n) is 2.67. The van der Waals surface area contributed by atoms with Gasteiger partial charge in [-0.1, -0.05) is 42.5 Å². The average Bonchev–Trinajstić information content (AvgIpc) is 2.46. The third kappa shape index (κ3) is 3.80. The number of phenols is 1. The fourth-order valence-corrected chi connectivity index (χ4v) is 1.82. The topological polar surface area (TPSA) is 61.4 Å². The summed E-state index contributed by atoms with van der Waals surface area (Å²) < 4.78 is 0. The van der Waals surface area contributed by atoms with Gasteiger partial charge in [-0.3, -0.25) is 10.1 Å². The van der Waals surface area contributed by atoms with Crippen LogP contribution in [0.5, 0.6) is 5.75 Å². The number of rotatable bonds is 3. The molecule has 2 aromatic carbocycles. The molecule has 102 valence electrons. The lowest BCUT2D eigenvalue weighted by Gasteiger charge is -2.10. The number of hydrogen-bond donors (Lipinski definition) is 3. The molecule has 0 atom stereocenters. The molecule has 0 aliphatic rings. The summed E-state index contributed by atoms with van der Waals surface area (Å²) in [4.78, 5) is 11.9. The summed E-state index contributed by atoms with van der Waals surface area (Å²) in [6, 6.07) is 16.0. The van der Waals surface area contributed by atoms with E-state index in [1.165, 1.54) is 12.1 Å². The predicted octanol–water partition coefficient (Wildman–Crippen LogP) is 2.20. The minimum Gasteiger partial charge on any atom is -0.507 e. The summed E-state index contributed by atoms with van der Waals surface area (Å²) >= 11 is 5.05. The maximum atomic E-state index is 11.9. The summed E-state index contributed by atoms with van der Waals surface area (Å²) in [5, 5.41) is 15.3. The fourth-order valence-electron chi connectivity index (χ4n) is 1.66. The van der Waals surface area contributed by atoms with E-state index in [0.29, 0.717) is 6.54 Å². The molecule has 1 amide bonds. The Hall–Kier alpha value is -2.40. The number of hydrogen-bond acceptors (Lipinski definition) is 3. The molecular formula is C15H14N2O2S. The summed E-state index contributed by atoms with van der Waals surface area (Å²) in [6.45, 7) is 0.528. The van der Waals surface area contributed by atoms with Crippen molar-refractivity contribution in [3.05, 3.63) is 65.7 Å². The van der Waals surface area contributed by atoms with Crippen LogP contribution in [0, 0.1) is 0 Å². The fraction of sp³-hybridized carbons (Fsp3) is 0.0667. The normalized spacial score (nSPS) is 9.80. The summed E-state index contributed by atoms with van der Waals surface area (Å²) in [5.74, 6) is -0.510. The average molecular weight is 286 g/mol. The first-order valence-electron chi connectivity index (χ1n) is 6.08. The van der Waals surface area contributed by atoms with Crippen LogP contribution in [0.25, 0.3) is 0 Å². The quantitative estimate of drug-likeness (QED) is 0.757. The molecule has 20 heavy (non-hydrogen) atoms. The van der Waals surface area contributed by atoms with Crippen molar-refractivity contribution >= 4 is 23.2 Å². The lowest BCUT2D eigenvalue weighted by Crippen LogP contribution is -2.38. The molecule has 4 nitrogen and oxygen atoms in total. The maximum Gasteiger partial charge on any atom is 0.261 e. The molecule has 2 aromatic rings. The molecule has 0 saturated carbocycles. The van der Waals surface area contributed by atoms with Crippen LogP contribution in [0.1, 0.15) is 15.9 Å². The monoisotopic (exact) mass is 286 g/mol. The van der Waals surface area contributed by atoms with E-state index >= 15 is 0 Å². The van der Waals surface area contributed by atoms with Gasteiger partial charge in [-0.2, -0.15) is 0 Å². The van der Waals surface area contributed by atoms with E-state index in [-0.39, 0.29) is 16.4 Å². The van der Waals surface area contributed by atoms with Crippen LogP contribution in [-0.4, -0.2) is 16.1 Å². The highest BCUT2D eigenvalue weighted by molar-refractivity contribution is 7.80. The Kier molecular flexibility index (Phi) is 4.68. The highest BCUT2D eigenvalue weighted by Crippen LogP contribution is 2.14. The molecule has 2 rings (SSSR count). The summed E-state index contributed by atoms with van der Waals surface area (Å²) in [7, 11) is 0. The lowest BCUT2D eigenvalue weighted by molar-refractivity contribution is 0.0974. The molecule has 0 fully saturated rings. The number of aromatic hydroxyl groups is 1. The zero-order valence-corrected chi connectivity index (χ0v) is 11.5. The maximum absolute atomic E-state index is 11.9. The molecule has 0 aliphatic carbocycles. The second kappa shape index (κ2) is 6.68. The van der Waals surface area contributed by atoms with Gasteiger partial charge in [0.2, 0.25) is 0 Å². The Morgan fingerprint density at radius 2 is 1.70 bits per heavy atom. The Morgan fingerprint density at radius 3 is 2.40 bits per heavy atom. The van der Waals surface area contributed by atoms with Crippen molar-refractivity contribution in [3.8, 4) is 5.75 Å². The molecule has 0 spiro atoms. The van der Waals surface area contributed by atoms with Gasteiger partial charge in [0.15, 0.2) is 5.11 Å². The number of para-hydroxylation sites is 1. The highest BCUT2D eigenvalue weighted by atomic mass is 32.1. The number of nitrogens with one attached hydrogen (secondary N) is 2. The molecule has 0 bridgehead atoms. The zero-order chi connectivity index (χ0) is 14.4. The van der Waals surface area contributed by atoms with Crippen LogP contribution >= 0.6 is 12.2 Å². The number of thiocarbonyl (C=S) groups is 1. The van der Waals surface area contributed by atoms with Crippen LogP contribution in [0.15, 0.2) is 54.6 Å². The van der Waals surface area contributed by atoms with E-state index in [9.17, 15) is 9.90 Å². The van der Waals surface area contributed by atoms with Gasteiger partial charge in [0.25, 0.3) is 5.91 Å². The van der Waals surface area contributed by atoms with E-state index in [2.05, 4.69) is 10.6 Å². The lowest BCUT2D eigenvalue weighted by atomic mass is 10.2. The number of phenolic OH excluding ortho intramolecular Hbond substituents is 1. The second-order valence-corrected chi connectivity index (χ2v) is 4.55. The first-order valence-corrected chi connectivity index (χ1v) is 6.49. The molecule has 0 heterocycles. The van der Waals surface area contributed by atoms with E-state index in [1.807, 2.05) is 30.3 Å². The predicted molar refractivity (Wildman–Crippen MR) is 81.5 cm³/mol. The van der Waals surface area contributed by atoms with Crippen molar-refractivity contribution in [1.82, 2.24) is 10.6 Å². The van der Waals surface area contributed by atoms with Gasteiger partial charge in [-0.05, 0) is 29.9 Å². The van der Waals surface area contributed by atoms with Gasteiger partial charge in [0.1, 0.15) is 5.75 Å². The van der Waals surface area contributed by atoms with Crippen LogP contribution < -0.4 is 10.6 Å². The summed E-state index contributed by atoms with van der Waals surface area (Å²) in [5.41, 5.74) is 1.25. The molecular weight excluding hydrogens is 272 g/mol. The molecule has 0 radical (unpaired) electrons. The first-order chi connectivity index (χ1) is 9.66. The second-order valence-electron chi connectivity index (χ2n) is 4.14. The summed E-state index contributed by atoms with van der Waals surface area (Å²) in [6.07, 6.45) is 0. The van der Waals surface area contributed by atoms with Crippen molar-refractivity contribution < 1.29 is 9.90 Å². The number of carbonyl (C=O) groups excluding carboxylic acids is 1. The van der Waals surface area contributed by atoms with Crippen LogP contribution in [-0.2, 0) is 6.54 Å². The van der Waals surface area contributed by atoms with Gasteiger partial charge in [0, 0.05) is 6.54 Å². The molecule has 0 aliphatic heterocycles. The number of amides is 1. The van der Waals surface area contributed by atoms with E-state index in [0.717, 1.165) is 5.56 Å². The molecule has 3 N–H and O–H groups in total. The molecule has 0 unspecified atom stereocenters. The first kappa shape index (κ1) is 14.0. The van der Waals surface area contributed by atoms with Gasteiger partial charge >= 0.3 is 0 Å². The van der Waals surface area contributed by atoms with Crippen LogP contribution in [0.4, 0.5) is 0 Å². The van der Waals surface area contributed by atoms with Crippen molar-refractivity contribution in [3.63, 3.8) is 0 Å². The smallest absolute Gasteiger partial charge is 0.261 e. The van der Waals surface area contributed by atoms with Crippen molar-refractivity contribution in [2.24, 2.45) is 0 Å². The largest absolute Gasteiger partial charge is 0.507 e. The van der Waals surface area contributed by atoms with Crippen molar-refractivity contribution in [1.29, 1.82) is 0 Å². The Morgan fingerprint density at radius 1 is 1.05 bits per heavy atom. The number of benzene rings is 2. The SMILES string of the molecule is O=C(NC(=S)NCc1ccccc1)c1ccccc1O. The minimum atomic E-state index is -0.436. The van der Waals surface area contributed by atoms with Crippen LogP contribution in [0.3, 0.4) is 0 Å². The standard InChI is InChI=1S/C15H14N2O2S/c18-13-9-5-4-8-12(13)14(19)17-15(20)16-10-11-6-2-1-3-7-11/h1-9,18H,10H2,(H2,16,17,19,20). The third-order valence-corrected chi connectivity index (χ3v) is 2.92. The molecule has 0 aromatic heterocycles. The molecule has 5 heteroatoms. The Balaban J connectivity index is 1.89. The number of carbonyl (C=O) groups is 1. The molecule has 0 saturated heterocycles. The Bertz CT molecular complexity index is 614. The van der Waals surface area contributed by atoms with Crippen molar-refractivity contribution in [2.75, 3.05) is 0 Å². The van der Waals surface area contributed by atoms with Gasteiger partial charge in [-0.15, -0.1) is 0 Å². The van der Waals surface area contributed by atoms with Crippen molar-refractivity contribution in [2.45, 2.75) is 6.54 Å². The Labute approximate surface area is 122 Å². The van der Waals surface area contributed by atoms with Gasteiger partial charge < -0.3 is 10.4 Å². The van der Waals surface area contributed by atoms with Gasteiger partial charge in [-0.25, -0.2) is 0 Å². The highest BCUT2D eigenvalue weighted by Gasteiger charge is 2.11. The van der Waals surface area contributed by atoms with E-state index < -0.39 is 5.91 Å². The minimum absolute atomic E-state index is 0.0733. The van der Waals surface area contributed by atoms with E-state index in [1.54, 1.807) is 12.1 Å². The zero-order valence-electron chi connectivity index (χ0n) is 10.7.